The van der Waals surface area contributed by atoms with E-state index < -0.39 is 17.7 Å². The number of aryl methyl sites for hydroxylation is 1. The van der Waals surface area contributed by atoms with E-state index in [0.717, 1.165) is 37.0 Å². The quantitative estimate of drug-likeness (QED) is 0.429. The lowest BCUT2D eigenvalue weighted by atomic mass is 10.0. The van der Waals surface area contributed by atoms with Crippen LogP contribution in [0.25, 0.3) is 11.0 Å². The largest absolute Gasteiger partial charge is 0.444 e. The molecule has 1 atom stereocenters. The average molecular weight is 526 g/mol. The van der Waals surface area contributed by atoms with E-state index in [1.165, 1.54) is 0 Å². The first-order valence-corrected chi connectivity index (χ1v) is 12.7. The second-order valence-corrected chi connectivity index (χ2v) is 10.7. The van der Waals surface area contributed by atoms with Gasteiger partial charge in [0.05, 0.1) is 11.0 Å². The van der Waals surface area contributed by atoms with Crippen LogP contribution in [0.15, 0.2) is 36.4 Å². The first kappa shape index (κ1) is 26.5. The maximum atomic E-state index is 13.2. The van der Waals surface area contributed by atoms with Crippen LogP contribution < -0.4 is 10.6 Å². The number of rotatable bonds is 6. The minimum atomic E-state index is -0.683. The fourth-order valence-corrected chi connectivity index (χ4v) is 4.42. The van der Waals surface area contributed by atoms with Gasteiger partial charge in [0.25, 0.3) is 11.8 Å². The lowest BCUT2D eigenvalue weighted by molar-refractivity contribution is 0.0519. The highest BCUT2D eigenvalue weighted by molar-refractivity contribution is 6.31. The molecule has 2 heterocycles. The highest BCUT2D eigenvalue weighted by atomic mass is 35.5. The van der Waals surface area contributed by atoms with Crippen LogP contribution in [0.1, 0.15) is 71.8 Å². The number of fused-ring (bicyclic) bond motifs is 1. The number of halogens is 1. The van der Waals surface area contributed by atoms with Crippen LogP contribution in [-0.2, 0) is 4.74 Å². The van der Waals surface area contributed by atoms with E-state index in [-0.39, 0.29) is 18.4 Å². The summed E-state index contributed by atoms with van der Waals surface area (Å²) in [6.45, 7) is 8.70. The highest BCUT2D eigenvalue weighted by Crippen LogP contribution is 2.22. The topological polar surface area (TPSA) is 116 Å². The summed E-state index contributed by atoms with van der Waals surface area (Å²) in [6, 6.07) is 9.62. The Bertz CT molecular complexity index is 1320. The summed E-state index contributed by atoms with van der Waals surface area (Å²) in [5.41, 5.74) is 2.44. The molecule has 1 saturated heterocycles. The molecule has 1 aliphatic rings. The van der Waals surface area contributed by atoms with E-state index in [1.54, 1.807) is 57.2 Å². The number of nitrogens with zero attached hydrogens (tertiary/aromatic N) is 2. The molecule has 3 amide bonds. The predicted molar refractivity (Wildman–Crippen MR) is 142 cm³/mol. The van der Waals surface area contributed by atoms with Gasteiger partial charge in [-0.3, -0.25) is 9.59 Å². The van der Waals surface area contributed by atoms with Crippen LogP contribution in [0.2, 0.25) is 5.02 Å². The van der Waals surface area contributed by atoms with Gasteiger partial charge in [0.1, 0.15) is 17.5 Å². The predicted octanol–water partition coefficient (Wildman–Crippen LogP) is 4.76. The summed E-state index contributed by atoms with van der Waals surface area (Å²) in [6.07, 6.45) is 1.42. The van der Waals surface area contributed by atoms with Crippen LogP contribution in [0.4, 0.5) is 4.79 Å². The van der Waals surface area contributed by atoms with Gasteiger partial charge in [0, 0.05) is 35.8 Å². The number of aromatic nitrogens is 2. The van der Waals surface area contributed by atoms with E-state index in [1.807, 2.05) is 11.8 Å². The third kappa shape index (κ3) is 6.60. The standard InChI is InChI=1S/C27H32ClN5O4/c1-16-13-17(7-9-19(16)25(35)33-11-5-6-12-33)24(34)32-22(15-29-26(36)37-27(2,3)4)23-30-20-10-8-18(28)14-21(20)31-23/h7-10,13-14,22H,5-6,11-12,15H2,1-4H3,(H,29,36)(H,30,31)(H,32,34). The summed E-state index contributed by atoms with van der Waals surface area (Å²) < 4.78 is 5.34. The molecule has 0 saturated carbocycles. The number of alkyl carbamates (subject to hydrolysis) is 1. The molecule has 10 heteroatoms. The summed E-state index contributed by atoms with van der Waals surface area (Å²) in [5, 5.41) is 6.19. The molecule has 2 aromatic carbocycles. The fourth-order valence-electron chi connectivity index (χ4n) is 4.26. The van der Waals surface area contributed by atoms with Crippen molar-refractivity contribution >= 4 is 40.5 Å². The Morgan fingerprint density at radius 3 is 2.54 bits per heavy atom. The molecule has 1 unspecified atom stereocenters. The van der Waals surface area contributed by atoms with Gasteiger partial charge in [-0.15, -0.1) is 0 Å². The highest BCUT2D eigenvalue weighted by Gasteiger charge is 2.24. The molecule has 1 aromatic heterocycles. The van der Waals surface area contributed by atoms with Crippen molar-refractivity contribution in [2.75, 3.05) is 19.6 Å². The molecule has 1 aliphatic heterocycles. The molecule has 9 nitrogen and oxygen atoms in total. The third-order valence-electron chi connectivity index (χ3n) is 6.06. The van der Waals surface area contributed by atoms with Crippen molar-refractivity contribution in [3.63, 3.8) is 0 Å². The summed E-state index contributed by atoms with van der Waals surface area (Å²) >= 11 is 6.10. The van der Waals surface area contributed by atoms with Gasteiger partial charge < -0.3 is 25.3 Å². The zero-order valence-electron chi connectivity index (χ0n) is 21.5. The second kappa shape index (κ2) is 10.8. The molecule has 3 N–H and O–H groups in total. The van der Waals surface area contributed by atoms with Crippen molar-refractivity contribution in [3.05, 3.63) is 63.9 Å². The number of amides is 3. The SMILES string of the molecule is Cc1cc(C(=O)NC(CNC(=O)OC(C)(C)C)c2nc3cc(Cl)ccc3[nH]2)ccc1C(=O)N1CCCC1. The number of aromatic amines is 1. The number of likely N-dealkylation sites (tertiary alicyclic amines) is 1. The molecule has 0 spiro atoms. The average Bonchev–Trinajstić information content (AvgIpc) is 3.50. The van der Waals surface area contributed by atoms with Gasteiger partial charge in [-0.25, -0.2) is 9.78 Å². The van der Waals surface area contributed by atoms with Crippen molar-refractivity contribution in [1.29, 1.82) is 0 Å². The lowest BCUT2D eigenvalue weighted by Crippen LogP contribution is -2.40. The van der Waals surface area contributed by atoms with Gasteiger partial charge in [0.15, 0.2) is 0 Å². The number of hydrogen-bond donors (Lipinski definition) is 3. The molecular weight excluding hydrogens is 494 g/mol. The summed E-state index contributed by atoms with van der Waals surface area (Å²) in [5.74, 6) is 0.0827. The smallest absolute Gasteiger partial charge is 0.407 e. The first-order valence-electron chi connectivity index (χ1n) is 12.3. The number of nitrogens with one attached hydrogen (secondary N) is 3. The van der Waals surface area contributed by atoms with Crippen molar-refractivity contribution in [1.82, 2.24) is 25.5 Å². The number of ether oxygens (including phenoxy) is 1. The Hall–Kier alpha value is -3.59. The van der Waals surface area contributed by atoms with Crippen LogP contribution in [0, 0.1) is 6.92 Å². The number of imidazole rings is 1. The summed E-state index contributed by atoms with van der Waals surface area (Å²) in [4.78, 5) is 48.0. The molecular formula is C27H32ClN5O4. The van der Waals surface area contributed by atoms with Crippen LogP contribution in [0.3, 0.4) is 0 Å². The van der Waals surface area contributed by atoms with E-state index in [2.05, 4.69) is 20.6 Å². The van der Waals surface area contributed by atoms with Gasteiger partial charge in [-0.05, 0) is 82.5 Å². The Kier molecular flexibility index (Phi) is 7.73. The van der Waals surface area contributed by atoms with Crippen molar-refractivity contribution < 1.29 is 19.1 Å². The number of H-pyrrole nitrogens is 1. The minimum Gasteiger partial charge on any atom is -0.444 e. The van der Waals surface area contributed by atoms with Gasteiger partial charge >= 0.3 is 6.09 Å². The molecule has 196 valence electrons. The Balaban J connectivity index is 1.54. The fraction of sp³-hybridized carbons (Fsp3) is 0.407. The van der Waals surface area contributed by atoms with Crippen molar-refractivity contribution in [2.24, 2.45) is 0 Å². The van der Waals surface area contributed by atoms with Crippen molar-refractivity contribution in [2.45, 2.75) is 52.2 Å². The second-order valence-electron chi connectivity index (χ2n) is 10.2. The van der Waals surface area contributed by atoms with E-state index in [4.69, 9.17) is 16.3 Å². The lowest BCUT2D eigenvalue weighted by Gasteiger charge is -2.22. The first-order chi connectivity index (χ1) is 17.5. The third-order valence-corrected chi connectivity index (χ3v) is 6.30. The molecule has 0 radical (unpaired) electrons. The maximum Gasteiger partial charge on any atom is 0.407 e. The van der Waals surface area contributed by atoms with Crippen LogP contribution in [-0.4, -0.2) is 58.0 Å². The van der Waals surface area contributed by atoms with E-state index >= 15 is 0 Å². The summed E-state index contributed by atoms with van der Waals surface area (Å²) in [7, 11) is 0. The Morgan fingerprint density at radius 1 is 1.14 bits per heavy atom. The molecule has 4 rings (SSSR count). The normalized spacial score (nSPS) is 14.5. The number of hydrogen-bond acceptors (Lipinski definition) is 5. The number of benzene rings is 2. The minimum absolute atomic E-state index is 0.0117. The van der Waals surface area contributed by atoms with E-state index in [0.29, 0.717) is 27.5 Å². The number of carbonyl (C=O) groups excluding carboxylic acids is 3. The number of carbonyl (C=O) groups is 3. The zero-order chi connectivity index (χ0) is 26.7. The monoisotopic (exact) mass is 525 g/mol. The Labute approximate surface area is 220 Å². The van der Waals surface area contributed by atoms with Crippen molar-refractivity contribution in [3.8, 4) is 0 Å². The van der Waals surface area contributed by atoms with Gasteiger partial charge in [0.2, 0.25) is 0 Å². The van der Waals surface area contributed by atoms with Gasteiger partial charge in [-0.1, -0.05) is 11.6 Å². The molecule has 1 fully saturated rings. The Morgan fingerprint density at radius 2 is 1.86 bits per heavy atom. The molecule has 37 heavy (non-hydrogen) atoms. The van der Waals surface area contributed by atoms with E-state index in [9.17, 15) is 14.4 Å². The zero-order valence-corrected chi connectivity index (χ0v) is 22.2. The van der Waals surface area contributed by atoms with Crippen LogP contribution in [0.5, 0.6) is 0 Å². The molecule has 3 aromatic rings. The molecule has 0 aliphatic carbocycles. The molecule has 0 bridgehead atoms. The van der Waals surface area contributed by atoms with Gasteiger partial charge in [-0.2, -0.15) is 0 Å². The van der Waals surface area contributed by atoms with Crippen LogP contribution >= 0.6 is 11.6 Å². The maximum absolute atomic E-state index is 13.2.